The SMILES string of the molecule is C(=C\c1nc2ccccc2[nH]1)/c1cnsc1. The highest BCUT2D eigenvalue weighted by atomic mass is 32.1. The van der Waals surface area contributed by atoms with Crippen molar-refractivity contribution in [2.24, 2.45) is 0 Å². The quantitative estimate of drug-likeness (QED) is 0.730. The van der Waals surface area contributed by atoms with Crippen LogP contribution in [0.15, 0.2) is 35.8 Å². The first kappa shape index (κ1) is 9.30. The van der Waals surface area contributed by atoms with Gasteiger partial charge < -0.3 is 4.98 Å². The van der Waals surface area contributed by atoms with Crippen molar-refractivity contribution in [2.45, 2.75) is 0 Å². The van der Waals surface area contributed by atoms with Gasteiger partial charge in [-0.05, 0) is 35.8 Å². The van der Waals surface area contributed by atoms with Gasteiger partial charge >= 0.3 is 0 Å². The summed E-state index contributed by atoms with van der Waals surface area (Å²) in [6.45, 7) is 0. The summed E-state index contributed by atoms with van der Waals surface area (Å²) in [5.74, 6) is 0.868. The minimum Gasteiger partial charge on any atom is -0.338 e. The molecule has 0 aliphatic carbocycles. The van der Waals surface area contributed by atoms with Crippen molar-refractivity contribution in [2.75, 3.05) is 0 Å². The summed E-state index contributed by atoms with van der Waals surface area (Å²) in [5, 5.41) is 2.00. The highest BCUT2D eigenvalue weighted by molar-refractivity contribution is 7.03. The minimum absolute atomic E-state index is 0.868. The fraction of sp³-hybridized carbons (Fsp3) is 0. The molecule has 0 bridgehead atoms. The Kier molecular flexibility index (Phi) is 2.27. The summed E-state index contributed by atoms with van der Waals surface area (Å²) in [7, 11) is 0. The maximum absolute atomic E-state index is 4.45. The molecule has 1 N–H and O–H groups in total. The molecule has 0 amide bonds. The number of benzene rings is 1. The monoisotopic (exact) mass is 227 g/mol. The molecule has 0 aliphatic heterocycles. The van der Waals surface area contributed by atoms with Gasteiger partial charge in [0.2, 0.25) is 0 Å². The van der Waals surface area contributed by atoms with Crippen LogP contribution >= 0.6 is 11.5 Å². The van der Waals surface area contributed by atoms with E-state index < -0.39 is 0 Å². The van der Waals surface area contributed by atoms with Crippen LogP contribution in [0.2, 0.25) is 0 Å². The van der Waals surface area contributed by atoms with Gasteiger partial charge in [-0.2, -0.15) is 0 Å². The van der Waals surface area contributed by atoms with Gasteiger partial charge in [0.25, 0.3) is 0 Å². The molecule has 3 rings (SSSR count). The van der Waals surface area contributed by atoms with Gasteiger partial charge in [-0.3, -0.25) is 0 Å². The van der Waals surface area contributed by atoms with Crippen LogP contribution < -0.4 is 0 Å². The lowest BCUT2D eigenvalue weighted by atomic mass is 10.3. The van der Waals surface area contributed by atoms with Crippen LogP contribution in [0.4, 0.5) is 0 Å². The molecule has 0 aliphatic rings. The molecule has 0 atom stereocenters. The molecule has 16 heavy (non-hydrogen) atoms. The third kappa shape index (κ3) is 1.75. The standard InChI is InChI=1S/C12H9N3S/c1-2-4-11-10(3-1)14-12(15-11)6-5-9-7-13-16-8-9/h1-8H,(H,14,15)/b6-5+. The fourth-order valence-electron chi connectivity index (χ4n) is 1.52. The van der Waals surface area contributed by atoms with Gasteiger partial charge in [0.05, 0.1) is 11.0 Å². The number of nitrogens with zero attached hydrogens (tertiary/aromatic N) is 2. The van der Waals surface area contributed by atoms with E-state index in [1.165, 1.54) is 11.5 Å². The second-order valence-electron chi connectivity index (χ2n) is 3.43. The molecule has 78 valence electrons. The molecular weight excluding hydrogens is 218 g/mol. The molecule has 4 heteroatoms. The largest absolute Gasteiger partial charge is 0.338 e. The van der Waals surface area contributed by atoms with Crippen LogP contribution in [0, 0.1) is 0 Å². The molecule has 1 aromatic carbocycles. The normalized spacial score (nSPS) is 11.5. The Labute approximate surface area is 96.6 Å². The smallest absolute Gasteiger partial charge is 0.131 e. The van der Waals surface area contributed by atoms with Crippen molar-refractivity contribution < 1.29 is 0 Å². The summed E-state index contributed by atoms with van der Waals surface area (Å²) >= 11 is 1.45. The average Bonchev–Trinajstić information content (AvgIpc) is 2.95. The Bertz CT molecular complexity index is 590. The van der Waals surface area contributed by atoms with E-state index in [2.05, 4.69) is 14.3 Å². The van der Waals surface area contributed by atoms with Crippen molar-refractivity contribution in [1.29, 1.82) is 0 Å². The number of hydrogen-bond donors (Lipinski definition) is 1. The van der Waals surface area contributed by atoms with E-state index in [0.29, 0.717) is 0 Å². The minimum atomic E-state index is 0.868. The number of para-hydroxylation sites is 2. The number of H-pyrrole nitrogens is 1. The number of fused-ring (bicyclic) bond motifs is 1. The van der Waals surface area contributed by atoms with Crippen molar-refractivity contribution in [3.05, 3.63) is 47.2 Å². The van der Waals surface area contributed by atoms with Gasteiger partial charge in [0.1, 0.15) is 5.82 Å². The van der Waals surface area contributed by atoms with Gasteiger partial charge in [0, 0.05) is 17.1 Å². The molecule has 0 unspecified atom stereocenters. The lowest BCUT2D eigenvalue weighted by Crippen LogP contribution is -1.72. The Balaban J connectivity index is 1.95. The summed E-state index contributed by atoms with van der Waals surface area (Å²) in [5.41, 5.74) is 3.15. The van der Waals surface area contributed by atoms with Crippen LogP contribution in [0.25, 0.3) is 23.2 Å². The van der Waals surface area contributed by atoms with E-state index in [9.17, 15) is 0 Å². The maximum atomic E-state index is 4.45. The zero-order chi connectivity index (χ0) is 10.8. The molecule has 0 spiro atoms. The summed E-state index contributed by atoms with van der Waals surface area (Å²) < 4.78 is 4.04. The topological polar surface area (TPSA) is 41.6 Å². The van der Waals surface area contributed by atoms with Crippen LogP contribution in [0.1, 0.15) is 11.4 Å². The predicted molar refractivity (Wildman–Crippen MR) is 67.1 cm³/mol. The van der Waals surface area contributed by atoms with Crippen molar-refractivity contribution in [3.8, 4) is 0 Å². The van der Waals surface area contributed by atoms with Crippen molar-refractivity contribution in [1.82, 2.24) is 14.3 Å². The number of aromatic nitrogens is 3. The third-order valence-electron chi connectivity index (χ3n) is 2.29. The molecule has 0 saturated carbocycles. The fourth-order valence-corrected chi connectivity index (χ4v) is 2.03. The molecular formula is C12H9N3S. The molecule has 3 aromatic rings. The number of imidazole rings is 1. The molecule has 0 fully saturated rings. The zero-order valence-electron chi connectivity index (χ0n) is 8.42. The average molecular weight is 227 g/mol. The molecule has 0 saturated heterocycles. The molecule has 2 heterocycles. The van der Waals surface area contributed by atoms with E-state index in [1.807, 2.05) is 48.0 Å². The first-order valence-corrected chi connectivity index (χ1v) is 5.78. The van der Waals surface area contributed by atoms with Crippen molar-refractivity contribution in [3.63, 3.8) is 0 Å². The Morgan fingerprint density at radius 1 is 1.19 bits per heavy atom. The molecule has 3 nitrogen and oxygen atoms in total. The van der Waals surface area contributed by atoms with Gasteiger partial charge in [0.15, 0.2) is 0 Å². The van der Waals surface area contributed by atoms with Crippen molar-refractivity contribution >= 4 is 34.7 Å². The highest BCUT2D eigenvalue weighted by Gasteiger charge is 1.97. The first-order chi connectivity index (χ1) is 7.92. The molecule has 0 radical (unpaired) electrons. The number of aromatic amines is 1. The van der Waals surface area contributed by atoms with Crippen LogP contribution in [0.3, 0.4) is 0 Å². The molecule has 2 aromatic heterocycles. The lowest BCUT2D eigenvalue weighted by Gasteiger charge is -1.82. The Morgan fingerprint density at radius 3 is 2.94 bits per heavy atom. The van der Waals surface area contributed by atoms with E-state index in [1.54, 1.807) is 0 Å². The van der Waals surface area contributed by atoms with E-state index in [0.717, 1.165) is 22.4 Å². The Hall–Kier alpha value is -1.94. The van der Waals surface area contributed by atoms with E-state index >= 15 is 0 Å². The Morgan fingerprint density at radius 2 is 2.12 bits per heavy atom. The predicted octanol–water partition coefficient (Wildman–Crippen LogP) is 3.19. The van der Waals surface area contributed by atoms with Gasteiger partial charge in [-0.25, -0.2) is 9.36 Å². The van der Waals surface area contributed by atoms with E-state index in [-0.39, 0.29) is 0 Å². The third-order valence-corrected chi connectivity index (χ3v) is 2.90. The van der Waals surface area contributed by atoms with E-state index in [4.69, 9.17) is 0 Å². The number of hydrogen-bond acceptors (Lipinski definition) is 3. The maximum Gasteiger partial charge on any atom is 0.131 e. The van der Waals surface area contributed by atoms with Gasteiger partial charge in [-0.1, -0.05) is 12.1 Å². The second-order valence-corrected chi connectivity index (χ2v) is 4.09. The summed E-state index contributed by atoms with van der Waals surface area (Å²) in [6, 6.07) is 8.00. The lowest BCUT2D eigenvalue weighted by molar-refractivity contribution is 1.29. The highest BCUT2D eigenvalue weighted by Crippen LogP contribution is 2.12. The van der Waals surface area contributed by atoms with Crippen LogP contribution in [0.5, 0.6) is 0 Å². The second kappa shape index (κ2) is 3.90. The number of rotatable bonds is 2. The summed E-state index contributed by atoms with van der Waals surface area (Å²) in [6.07, 6.45) is 5.80. The first-order valence-electron chi connectivity index (χ1n) is 4.94. The van der Waals surface area contributed by atoms with Gasteiger partial charge in [-0.15, -0.1) is 0 Å². The van der Waals surface area contributed by atoms with Crippen LogP contribution in [-0.2, 0) is 0 Å². The summed E-state index contributed by atoms with van der Waals surface area (Å²) in [4.78, 5) is 7.70. The number of nitrogens with one attached hydrogen (secondary N) is 1. The zero-order valence-corrected chi connectivity index (χ0v) is 9.24. The van der Waals surface area contributed by atoms with Crippen LogP contribution in [-0.4, -0.2) is 14.3 Å².